The van der Waals surface area contributed by atoms with Gasteiger partial charge in [0.25, 0.3) is 10.0 Å². The lowest BCUT2D eigenvalue weighted by atomic mass is 10.1. The van der Waals surface area contributed by atoms with Gasteiger partial charge in [0.05, 0.1) is 4.90 Å². The van der Waals surface area contributed by atoms with Gasteiger partial charge < -0.3 is 5.32 Å². The summed E-state index contributed by atoms with van der Waals surface area (Å²) in [5.41, 5.74) is 0.920. The van der Waals surface area contributed by atoms with E-state index in [2.05, 4.69) is 15.0 Å². The highest BCUT2D eigenvalue weighted by molar-refractivity contribution is 7.90. The molecular weight excluding hydrogens is 402 g/mol. The van der Waals surface area contributed by atoms with Gasteiger partial charge in [0.15, 0.2) is 5.78 Å². The topological polar surface area (TPSA) is 105 Å². The quantitative estimate of drug-likeness (QED) is 0.660. The number of nitrogens with zero attached hydrogens (tertiary/aromatic N) is 1. The molecule has 0 spiro atoms. The molecule has 0 saturated heterocycles. The number of carbonyl (C=O) groups is 2. The third kappa shape index (κ3) is 6.25. The van der Waals surface area contributed by atoms with Crippen LogP contribution in [0.2, 0.25) is 0 Å². The number of hydrogen-bond donors (Lipinski definition) is 2. The molecule has 0 atom stereocenters. The Labute approximate surface area is 176 Å². The number of sulfonamides is 1. The molecule has 1 heterocycles. The number of carbonyl (C=O) groups excluding carboxylic acids is 2. The number of amides is 1. The minimum Gasteiger partial charge on any atom is -0.326 e. The molecule has 0 bridgehead atoms. The van der Waals surface area contributed by atoms with Gasteiger partial charge in [-0.1, -0.05) is 42.8 Å². The number of aliphatic imine (C=N–C) groups is 1. The van der Waals surface area contributed by atoms with Gasteiger partial charge in [0, 0.05) is 37.1 Å². The Hall–Kier alpha value is -3.00. The molecule has 1 aliphatic rings. The van der Waals surface area contributed by atoms with Crippen LogP contribution in [-0.2, 0) is 14.8 Å². The monoisotopic (exact) mass is 427 g/mol. The van der Waals surface area contributed by atoms with E-state index in [1.54, 1.807) is 36.4 Å². The molecule has 2 N–H and O–H groups in total. The molecule has 7 nitrogen and oxygen atoms in total. The van der Waals surface area contributed by atoms with E-state index < -0.39 is 10.0 Å². The fourth-order valence-corrected chi connectivity index (χ4v) is 4.27. The maximum atomic E-state index is 12.7. The number of Topliss-reactive ketones (excluding diaryl/α,β-unsaturated/α-hetero) is 1. The first-order chi connectivity index (χ1) is 14.4. The normalized spacial score (nSPS) is 14.3. The lowest BCUT2D eigenvalue weighted by Gasteiger charge is -2.11. The number of benzene rings is 2. The smallest absolute Gasteiger partial charge is 0.262 e. The summed E-state index contributed by atoms with van der Waals surface area (Å²) in [5, 5.41) is 2.66. The summed E-state index contributed by atoms with van der Waals surface area (Å²) in [6.45, 7) is 0.621. The molecule has 8 heteroatoms. The maximum Gasteiger partial charge on any atom is 0.262 e. The Morgan fingerprint density at radius 1 is 0.933 bits per heavy atom. The van der Waals surface area contributed by atoms with Gasteiger partial charge in [-0.15, -0.1) is 0 Å². The summed E-state index contributed by atoms with van der Waals surface area (Å²) in [4.78, 5) is 28.7. The molecule has 0 unspecified atom stereocenters. The van der Waals surface area contributed by atoms with Crippen LogP contribution in [0.25, 0.3) is 0 Å². The van der Waals surface area contributed by atoms with Crippen LogP contribution in [0.5, 0.6) is 0 Å². The second kappa shape index (κ2) is 10.2. The van der Waals surface area contributed by atoms with Crippen molar-refractivity contribution < 1.29 is 18.0 Å². The summed E-state index contributed by atoms with van der Waals surface area (Å²) in [6.07, 6.45) is 3.59. The van der Waals surface area contributed by atoms with Crippen molar-refractivity contribution in [3.05, 3.63) is 60.2 Å². The van der Waals surface area contributed by atoms with Crippen LogP contribution >= 0.6 is 0 Å². The molecule has 2 aromatic rings. The van der Waals surface area contributed by atoms with E-state index in [1.807, 2.05) is 6.07 Å². The largest absolute Gasteiger partial charge is 0.326 e. The van der Waals surface area contributed by atoms with E-state index in [0.717, 1.165) is 19.3 Å². The van der Waals surface area contributed by atoms with Crippen LogP contribution in [0.4, 0.5) is 5.69 Å². The zero-order valence-electron chi connectivity index (χ0n) is 16.6. The van der Waals surface area contributed by atoms with E-state index in [1.165, 1.54) is 12.1 Å². The highest BCUT2D eigenvalue weighted by Crippen LogP contribution is 2.17. The van der Waals surface area contributed by atoms with Gasteiger partial charge in [-0.3, -0.25) is 19.3 Å². The SMILES string of the molecule is O=C(CCC(=O)c1ccccc1)Nc1cccc(S(=O)(=O)NC2=NCCCCC2)c1. The average molecular weight is 428 g/mol. The minimum absolute atomic E-state index is 0.0137. The van der Waals surface area contributed by atoms with E-state index in [9.17, 15) is 18.0 Å². The van der Waals surface area contributed by atoms with Crippen molar-refractivity contribution in [2.24, 2.45) is 4.99 Å². The van der Waals surface area contributed by atoms with Crippen molar-refractivity contribution >= 4 is 33.2 Å². The fraction of sp³-hybridized carbons (Fsp3) is 0.318. The van der Waals surface area contributed by atoms with E-state index in [4.69, 9.17) is 0 Å². The molecule has 2 aromatic carbocycles. The molecule has 158 valence electrons. The minimum atomic E-state index is -3.78. The highest BCUT2D eigenvalue weighted by Gasteiger charge is 2.18. The Balaban J connectivity index is 1.59. The van der Waals surface area contributed by atoms with Crippen molar-refractivity contribution in [3.8, 4) is 0 Å². The standard InChI is InChI=1S/C22H25N3O4S/c26-20(17-8-3-1-4-9-17)13-14-22(27)24-18-10-7-11-19(16-18)30(28,29)25-21-12-5-2-6-15-23-21/h1,3-4,7-11,16H,2,5-6,12-15H2,(H,23,25)(H,24,27). The van der Waals surface area contributed by atoms with Crippen molar-refractivity contribution in [1.82, 2.24) is 4.72 Å². The van der Waals surface area contributed by atoms with Gasteiger partial charge in [0.1, 0.15) is 5.84 Å². The van der Waals surface area contributed by atoms with Gasteiger partial charge >= 0.3 is 0 Å². The zero-order chi connectivity index (χ0) is 21.4. The number of nitrogens with one attached hydrogen (secondary N) is 2. The summed E-state index contributed by atoms with van der Waals surface area (Å²) >= 11 is 0. The van der Waals surface area contributed by atoms with Crippen LogP contribution in [0, 0.1) is 0 Å². The highest BCUT2D eigenvalue weighted by atomic mass is 32.2. The Morgan fingerprint density at radius 2 is 1.73 bits per heavy atom. The van der Waals surface area contributed by atoms with Gasteiger partial charge in [-0.05, 0) is 31.0 Å². The lowest BCUT2D eigenvalue weighted by molar-refractivity contribution is -0.116. The number of anilines is 1. The fourth-order valence-electron chi connectivity index (χ4n) is 3.13. The first kappa shape index (κ1) is 21.7. The number of amidine groups is 1. The van der Waals surface area contributed by atoms with E-state index in [0.29, 0.717) is 30.1 Å². The molecule has 0 fully saturated rings. The summed E-state index contributed by atoms with van der Waals surface area (Å²) in [5.74, 6) is 0.00625. The number of ketones is 1. The molecule has 3 rings (SSSR count). The summed E-state index contributed by atoms with van der Waals surface area (Å²) in [7, 11) is -3.78. The van der Waals surface area contributed by atoms with Crippen molar-refractivity contribution in [2.45, 2.75) is 43.4 Å². The zero-order valence-corrected chi connectivity index (χ0v) is 17.5. The lowest BCUT2D eigenvalue weighted by Crippen LogP contribution is -2.30. The molecule has 0 aromatic heterocycles. The number of hydrogen-bond acceptors (Lipinski definition) is 5. The first-order valence-electron chi connectivity index (χ1n) is 9.98. The second-order valence-electron chi connectivity index (χ2n) is 7.11. The maximum absolute atomic E-state index is 12.7. The second-order valence-corrected chi connectivity index (χ2v) is 8.79. The van der Waals surface area contributed by atoms with E-state index >= 15 is 0 Å². The Bertz CT molecular complexity index is 1030. The van der Waals surface area contributed by atoms with Crippen LogP contribution in [-0.4, -0.2) is 32.5 Å². The molecule has 0 saturated carbocycles. The molecule has 1 aliphatic heterocycles. The molecular formula is C22H25N3O4S. The molecule has 1 amide bonds. The van der Waals surface area contributed by atoms with Crippen LogP contribution in [0.1, 0.15) is 48.9 Å². The Morgan fingerprint density at radius 3 is 2.53 bits per heavy atom. The van der Waals surface area contributed by atoms with Crippen molar-refractivity contribution in [3.63, 3.8) is 0 Å². The third-order valence-electron chi connectivity index (χ3n) is 4.73. The van der Waals surface area contributed by atoms with Gasteiger partial charge in [-0.25, -0.2) is 8.42 Å². The van der Waals surface area contributed by atoms with Crippen molar-refractivity contribution in [1.29, 1.82) is 0 Å². The van der Waals surface area contributed by atoms with Crippen LogP contribution < -0.4 is 10.0 Å². The van der Waals surface area contributed by atoms with Crippen molar-refractivity contribution in [2.75, 3.05) is 11.9 Å². The molecule has 0 radical (unpaired) electrons. The predicted molar refractivity (Wildman–Crippen MR) is 116 cm³/mol. The molecule has 0 aliphatic carbocycles. The first-order valence-corrected chi connectivity index (χ1v) is 11.5. The summed E-state index contributed by atoms with van der Waals surface area (Å²) < 4.78 is 27.9. The van der Waals surface area contributed by atoms with Crippen LogP contribution in [0.15, 0.2) is 64.5 Å². The van der Waals surface area contributed by atoms with Gasteiger partial charge in [0.2, 0.25) is 5.91 Å². The number of rotatable bonds is 7. The van der Waals surface area contributed by atoms with E-state index in [-0.39, 0.29) is 29.4 Å². The summed E-state index contributed by atoms with van der Waals surface area (Å²) in [6, 6.07) is 14.8. The molecule has 30 heavy (non-hydrogen) atoms. The third-order valence-corrected chi connectivity index (χ3v) is 6.11. The average Bonchev–Trinajstić information content (AvgIpc) is 3.01. The van der Waals surface area contributed by atoms with Crippen LogP contribution in [0.3, 0.4) is 0 Å². The predicted octanol–water partition coefficient (Wildman–Crippen LogP) is 3.54. The Kier molecular flexibility index (Phi) is 7.35. The van der Waals surface area contributed by atoms with Gasteiger partial charge in [-0.2, -0.15) is 0 Å².